The summed E-state index contributed by atoms with van der Waals surface area (Å²) in [7, 11) is 1.50. The molecule has 0 heterocycles. The van der Waals surface area contributed by atoms with Crippen LogP contribution in [0, 0.1) is 0 Å². The molecule has 0 saturated heterocycles. The van der Waals surface area contributed by atoms with Crippen molar-refractivity contribution < 1.29 is 24.2 Å². The van der Waals surface area contributed by atoms with Gasteiger partial charge in [0, 0.05) is 13.6 Å². The normalized spacial score (nSPS) is 10.1. The Morgan fingerprint density at radius 2 is 1.67 bits per heavy atom. The molecule has 0 fully saturated rings. The van der Waals surface area contributed by atoms with Gasteiger partial charge in [0.1, 0.15) is 13.2 Å². The van der Waals surface area contributed by atoms with Crippen LogP contribution in [0.4, 0.5) is 4.79 Å². The number of nitrogens with one attached hydrogen (secondary N) is 1. The van der Waals surface area contributed by atoms with E-state index in [0.717, 1.165) is 11.1 Å². The topological polar surface area (TPSA) is 95.9 Å². The molecule has 0 saturated carbocycles. The van der Waals surface area contributed by atoms with Crippen molar-refractivity contribution in [3.8, 4) is 0 Å². The van der Waals surface area contributed by atoms with E-state index in [1.165, 1.54) is 24.1 Å². The van der Waals surface area contributed by atoms with Crippen molar-refractivity contribution in [1.82, 2.24) is 10.2 Å². The fourth-order valence-corrected chi connectivity index (χ4v) is 2.33. The largest absolute Gasteiger partial charge is 0.478 e. The van der Waals surface area contributed by atoms with Gasteiger partial charge in [-0.05, 0) is 29.7 Å². The summed E-state index contributed by atoms with van der Waals surface area (Å²) < 4.78 is 5.15. The molecular formula is C20H22N2O5. The zero-order valence-electron chi connectivity index (χ0n) is 15.1. The number of benzene rings is 2. The van der Waals surface area contributed by atoms with E-state index in [1.807, 2.05) is 30.3 Å². The van der Waals surface area contributed by atoms with Crippen LogP contribution in [0.5, 0.6) is 0 Å². The summed E-state index contributed by atoms with van der Waals surface area (Å²) in [6.07, 6.45) is -0.00775. The monoisotopic (exact) mass is 370 g/mol. The van der Waals surface area contributed by atoms with Gasteiger partial charge in [0.15, 0.2) is 0 Å². The number of carboxylic acid groups (broad SMARTS) is 1. The SMILES string of the molecule is CN(CC(=O)NCCc1ccc(C(=O)O)cc1)C(=O)OCc1ccccc1. The van der Waals surface area contributed by atoms with Crippen LogP contribution in [0.3, 0.4) is 0 Å². The highest BCUT2D eigenvalue weighted by Gasteiger charge is 2.14. The maximum atomic E-state index is 11.9. The van der Waals surface area contributed by atoms with Crippen molar-refractivity contribution in [2.75, 3.05) is 20.1 Å². The molecule has 0 atom stereocenters. The Kier molecular flexibility index (Phi) is 7.37. The van der Waals surface area contributed by atoms with E-state index >= 15 is 0 Å². The van der Waals surface area contributed by atoms with Crippen LogP contribution in [-0.2, 0) is 22.6 Å². The molecule has 0 bridgehead atoms. The minimum absolute atomic E-state index is 0.106. The molecule has 2 rings (SSSR count). The second-order valence-corrected chi connectivity index (χ2v) is 6.00. The number of aromatic carboxylic acids is 1. The summed E-state index contributed by atoms with van der Waals surface area (Å²) in [6, 6.07) is 15.8. The van der Waals surface area contributed by atoms with Gasteiger partial charge in [-0.25, -0.2) is 9.59 Å². The van der Waals surface area contributed by atoms with Crippen LogP contribution >= 0.6 is 0 Å². The summed E-state index contributed by atoms with van der Waals surface area (Å²) in [6.45, 7) is 0.432. The molecule has 2 N–H and O–H groups in total. The Morgan fingerprint density at radius 3 is 2.30 bits per heavy atom. The van der Waals surface area contributed by atoms with Crippen LogP contribution in [0.15, 0.2) is 54.6 Å². The average molecular weight is 370 g/mol. The maximum Gasteiger partial charge on any atom is 0.410 e. The molecule has 0 spiro atoms. The number of amides is 2. The number of hydrogen-bond donors (Lipinski definition) is 2. The number of likely N-dealkylation sites (N-methyl/N-ethyl adjacent to an activating group) is 1. The molecule has 0 radical (unpaired) electrons. The summed E-state index contributed by atoms with van der Waals surface area (Å²) in [5.74, 6) is -1.27. The Hall–Kier alpha value is -3.35. The Labute approximate surface area is 157 Å². The van der Waals surface area contributed by atoms with Crippen LogP contribution in [0.25, 0.3) is 0 Å². The van der Waals surface area contributed by atoms with Crippen LogP contribution < -0.4 is 5.32 Å². The van der Waals surface area contributed by atoms with Gasteiger partial charge >= 0.3 is 12.1 Å². The van der Waals surface area contributed by atoms with Gasteiger partial charge in [-0.2, -0.15) is 0 Å². The van der Waals surface area contributed by atoms with Crippen molar-refractivity contribution in [2.24, 2.45) is 0 Å². The van der Waals surface area contributed by atoms with Crippen molar-refractivity contribution >= 4 is 18.0 Å². The predicted molar refractivity (Wildman–Crippen MR) is 99.4 cm³/mol. The van der Waals surface area contributed by atoms with E-state index in [2.05, 4.69) is 5.32 Å². The number of ether oxygens (including phenoxy) is 1. The van der Waals surface area contributed by atoms with Gasteiger partial charge in [-0.15, -0.1) is 0 Å². The fourth-order valence-electron chi connectivity index (χ4n) is 2.33. The molecule has 0 aliphatic carbocycles. The molecule has 0 unspecified atom stereocenters. The first-order valence-corrected chi connectivity index (χ1v) is 8.46. The summed E-state index contributed by atoms with van der Waals surface area (Å²) in [4.78, 5) is 35.8. The smallest absolute Gasteiger partial charge is 0.410 e. The molecule has 0 aromatic heterocycles. The molecule has 7 nitrogen and oxygen atoms in total. The third-order valence-corrected chi connectivity index (χ3v) is 3.83. The first-order valence-electron chi connectivity index (χ1n) is 8.46. The predicted octanol–water partition coefficient (Wildman–Crippen LogP) is 2.31. The molecule has 0 aliphatic heterocycles. The molecular weight excluding hydrogens is 348 g/mol. The molecule has 0 aliphatic rings. The Balaban J connectivity index is 1.68. The van der Waals surface area contributed by atoms with Gasteiger partial charge in [0.05, 0.1) is 5.56 Å². The standard InChI is InChI=1S/C20H22N2O5/c1-22(20(26)27-14-16-5-3-2-4-6-16)13-18(23)21-12-11-15-7-9-17(10-8-15)19(24)25/h2-10H,11-14H2,1H3,(H,21,23)(H,24,25). The second-order valence-electron chi connectivity index (χ2n) is 6.00. The molecule has 2 aromatic rings. The van der Waals surface area contributed by atoms with Gasteiger partial charge < -0.3 is 20.1 Å². The van der Waals surface area contributed by atoms with Crippen LogP contribution in [0.2, 0.25) is 0 Å². The fraction of sp³-hybridized carbons (Fsp3) is 0.250. The minimum atomic E-state index is -0.975. The lowest BCUT2D eigenvalue weighted by Crippen LogP contribution is -2.39. The van der Waals surface area contributed by atoms with E-state index in [1.54, 1.807) is 12.1 Å². The average Bonchev–Trinajstić information content (AvgIpc) is 2.67. The first-order chi connectivity index (χ1) is 13.0. The molecule has 2 amide bonds. The summed E-state index contributed by atoms with van der Waals surface area (Å²) in [5, 5.41) is 11.6. The van der Waals surface area contributed by atoms with Crippen molar-refractivity contribution in [1.29, 1.82) is 0 Å². The van der Waals surface area contributed by atoms with Crippen LogP contribution in [-0.4, -0.2) is 48.1 Å². The lowest BCUT2D eigenvalue weighted by atomic mass is 10.1. The molecule has 27 heavy (non-hydrogen) atoms. The Bertz CT molecular complexity index is 775. The lowest BCUT2D eigenvalue weighted by molar-refractivity contribution is -0.121. The number of nitrogens with zero attached hydrogens (tertiary/aromatic N) is 1. The van der Waals surface area contributed by atoms with Crippen molar-refractivity contribution in [2.45, 2.75) is 13.0 Å². The van der Waals surface area contributed by atoms with Crippen LogP contribution in [0.1, 0.15) is 21.5 Å². The number of hydrogen-bond acceptors (Lipinski definition) is 4. The third kappa shape index (κ3) is 6.81. The van der Waals surface area contributed by atoms with Crippen molar-refractivity contribution in [3.05, 3.63) is 71.3 Å². The van der Waals surface area contributed by atoms with Gasteiger partial charge in [0.25, 0.3) is 0 Å². The molecule has 142 valence electrons. The lowest BCUT2D eigenvalue weighted by Gasteiger charge is -2.16. The number of carboxylic acids is 1. The molecule has 2 aromatic carbocycles. The van der Waals surface area contributed by atoms with E-state index in [0.29, 0.717) is 13.0 Å². The summed E-state index contributed by atoms with van der Waals surface area (Å²) in [5.41, 5.74) is 2.01. The highest BCUT2D eigenvalue weighted by molar-refractivity contribution is 5.87. The zero-order chi connectivity index (χ0) is 19.6. The van der Waals surface area contributed by atoms with E-state index in [4.69, 9.17) is 9.84 Å². The highest BCUT2D eigenvalue weighted by atomic mass is 16.6. The van der Waals surface area contributed by atoms with E-state index < -0.39 is 12.1 Å². The number of carbonyl (C=O) groups excluding carboxylic acids is 2. The van der Waals surface area contributed by atoms with E-state index in [9.17, 15) is 14.4 Å². The van der Waals surface area contributed by atoms with Gasteiger partial charge in [-0.1, -0.05) is 42.5 Å². The first kappa shape index (κ1) is 20.0. The minimum Gasteiger partial charge on any atom is -0.478 e. The third-order valence-electron chi connectivity index (χ3n) is 3.83. The zero-order valence-corrected chi connectivity index (χ0v) is 15.1. The maximum absolute atomic E-state index is 11.9. The second kappa shape index (κ2) is 9.96. The number of carbonyl (C=O) groups is 3. The number of rotatable bonds is 8. The van der Waals surface area contributed by atoms with Gasteiger partial charge in [-0.3, -0.25) is 4.79 Å². The highest BCUT2D eigenvalue weighted by Crippen LogP contribution is 2.05. The molecule has 7 heteroatoms. The van der Waals surface area contributed by atoms with Gasteiger partial charge in [0.2, 0.25) is 5.91 Å². The Morgan fingerprint density at radius 1 is 1.00 bits per heavy atom. The van der Waals surface area contributed by atoms with E-state index in [-0.39, 0.29) is 24.6 Å². The van der Waals surface area contributed by atoms with Crippen molar-refractivity contribution in [3.63, 3.8) is 0 Å². The quantitative estimate of drug-likeness (QED) is 0.743. The summed E-state index contributed by atoms with van der Waals surface area (Å²) >= 11 is 0.